The number of ether oxygens (including phenoxy) is 1. The second-order valence-electron chi connectivity index (χ2n) is 9.68. The molecular formula is C31H30N4O5. The van der Waals surface area contributed by atoms with Crippen LogP contribution in [-0.4, -0.2) is 60.1 Å². The van der Waals surface area contributed by atoms with Crippen LogP contribution in [0.3, 0.4) is 0 Å². The van der Waals surface area contributed by atoms with E-state index in [1.807, 2.05) is 48.5 Å². The number of nitrogens with one attached hydrogen (secondary N) is 2. The molecule has 9 nitrogen and oxygen atoms in total. The van der Waals surface area contributed by atoms with Crippen LogP contribution in [0.15, 0.2) is 85.1 Å². The molecule has 5 rings (SSSR count). The lowest BCUT2D eigenvalue weighted by atomic mass is 9.93. The summed E-state index contributed by atoms with van der Waals surface area (Å²) in [5.74, 6) is -1.96. The van der Waals surface area contributed by atoms with Gasteiger partial charge in [-0.2, -0.15) is 0 Å². The summed E-state index contributed by atoms with van der Waals surface area (Å²) in [4.78, 5) is 58.8. The first-order valence-electron chi connectivity index (χ1n) is 13.0. The van der Waals surface area contributed by atoms with Crippen LogP contribution < -0.4 is 15.0 Å². The third-order valence-electron chi connectivity index (χ3n) is 7.14. The second-order valence-corrected chi connectivity index (χ2v) is 9.68. The van der Waals surface area contributed by atoms with E-state index >= 15 is 0 Å². The normalized spacial score (nSPS) is 14.3. The molecule has 3 amide bonds. The fourth-order valence-electron chi connectivity index (χ4n) is 4.97. The van der Waals surface area contributed by atoms with E-state index in [2.05, 4.69) is 10.3 Å². The molecule has 0 saturated carbocycles. The first-order chi connectivity index (χ1) is 19.4. The minimum Gasteiger partial charge on any atom is -0.496 e. The van der Waals surface area contributed by atoms with Crippen molar-refractivity contribution in [1.82, 2.24) is 15.2 Å². The first-order valence-corrected chi connectivity index (χ1v) is 13.0. The topological polar surface area (TPSA) is 112 Å². The van der Waals surface area contributed by atoms with Crippen LogP contribution >= 0.6 is 0 Å². The molecule has 3 aromatic carbocycles. The highest BCUT2D eigenvalue weighted by Gasteiger charge is 2.35. The van der Waals surface area contributed by atoms with Crippen molar-refractivity contribution < 1.29 is 23.9 Å². The van der Waals surface area contributed by atoms with Gasteiger partial charge in [0.25, 0.3) is 0 Å². The molecule has 1 aliphatic rings. The van der Waals surface area contributed by atoms with E-state index in [0.29, 0.717) is 11.4 Å². The van der Waals surface area contributed by atoms with Crippen LogP contribution in [0.1, 0.15) is 11.1 Å². The van der Waals surface area contributed by atoms with Crippen LogP contribution in [0.25, 0.3) is 10.9 Å². The van der Waals surface area contributed by atoms with Gasteiger partial charge in [0.2, 0.25) is 17.7 Å². The van der Waals surface area contributed by atoms with E-state index < -0.39 is 17.6 Å². The Bertz CT molecular complexity index is 1550. The van der Waals surface area contributed by atoms with Gasteiger partial charge in [-0.1, -0.05) is 54.6 Å². The van der Waals surface area contributed by atoms with Crippen molar-refractivity contribution >= 4 is 40.1 Å². The lowest BCUT2D eigenvalue weighted by Crippen LogP contribution is -2.56. The van der Waals surface area contributed by atoms with Crippen molar-refractivity contribution in [1.29, 1.82) is 0 Å². The molecule has 204 valence electrons. The number of amides is 3. The number of fused-ring (bicyclic) bond motifs is 1. The highest BCUT2D eigenvalue weighted by Crippen LogP contribution is 2.23. The number of para-hydroxylation sites is 3. The van der Waals surface area contributed by atoms with Gasteiger partial charge in [0, 0.05) is 34.9 Å². The zero-order valence-corrected chi connectivity index (χ0v) is 22.1. The zero-order valence-electron chi connectivity index (χ0n) is 22.1. The van der Waals surface area contributed by atoms with Gasteiger partial charge in [0.05, 0.1) is 13.7 Å². The summed E-state index contributed by atoms with van der Waals surface area (Å²) in [6.07, 6.45) is 1.94. The third kappa shape index (κ3) is 5.73. The highest BCUT2D eigenvalue weighted by molar-refractivity contribution is 6.08. The number of H-pyrrole nitrogens is 1. The Morgan fingerprint density at radius 1 is 0.900 bits per heavy atom. The molecule has 0 aliphatic carbocycles. The Morgan fingerprint density at radius 2 is 1.62 bits per heavy atom. The zero-order chi connectivity index (χ0) is 28.1. The maximum absolute atomic E-state index is 13.6. The van der Waals surface area contributed by atoms with Crippen LogP contribution in [0.4, 0.5) is 5.69 Å². The van der Waals surface area contributed by atoms with Gasteiger partial charge in [0.1, 0.15) is 24.8 Å². The number of hydrogen-bond donors (Lipinski definition) is 2. The van der Waals surface area contributed by atoms with Gasteiger partial charge >= 0.3 is 0 Å². The monoisotopic (exact) mass is 538 g/mol. The van der Waals surface area contributed by atoms with Gasteiger partial charge in [-0.3, -0.25) is 19.2 Å². The number of carbonyl (C=O) groups is 4. The number of piperazine rings is 1. The number of anilines is 1. The maximum atomic E-state index is 13.6. The van der Waals surface area contributed by atoms with Crippen LogP contribution in [-0.2, 0) is 32.1 Å². The number of aromatic amines is 1. The Labute approximate surface area is 231 Å². The number of aromatic nitrogens is 1. The summed E-state index contributed by atoms with van der Waals surface area (Å²) < 4.78 is 5.38. The Hall–Kier alpha value is -4.92. The average Bonchev–Trinajstić information content (AvgIpc) is 3.39. The molecule has 2 heterocycles. The largest absolute Gasteiger partial charge is 0.496 e. The summed E-state index contributed by atoms with van der Waals surface area (Å²) in [5, 5.41) is 3.79. The molecule has 2 N–H and O–H groups in total. The summed E-state index contributed by atoms with van der Waals surface area (Å²) >= 11 is 0. The maximum Gasteiger partial charge on any atom is 0.247 e. The molecule has 0 bridgehead atoms. The Kier molecular flexibility index (Phi) is 7.91. The minimum absolute atomic E-state index is 0.146. The number of hydrogen-bond acceptors (Lipinski definition) is 5. The smallest absolute Gasteiger partial charge is 0.247 e. The molecule has 1 aromatic heterocycles. The quantitative estimate of drug-likeness (QED) is 0.302. The summed E-state index contributed by atoms with van der Waals surface area (Å²) in [5.41, 5.74) is 3.11. The van der Waals surface area contributed by atoms with E-state index in [1.54, 1.807) is 43.6 Å². The summed E-state index contributed by atoms with van der Waals surface area (Å²) in [6, 6.07) is 23.9. The molecule has 1 atom stereocenters. The molecular weight excluding hydrogens is 508 g/mol. The first kappa shape index (κ1) is 26.7. The molecule has 40 heavy (non-hydrogen) atoms. The van der Waals surface area contributed by atoms with Crippen molar-refractivity contribution in [2.45, 2.75) is 13.0 Å². The Balaban J connectivity index is 1.33. The SMILES string of the molecule is COc1ccccc1CNC(=O)C(Cc1c[nH]c2ccccc12)C(=O)CN1CC(=O)N(c2ccccc2)CC1=O. The second kappa shape index (κ2) is 11.9. The summed E-state index contributed by atoms with van der Waals surface area (Å²) in [7, 11) is 1.56. The van der Waals surface area contributed by atoms with Crippen molar-refractivity contribution in [2.75, 3.05) is 31.6 Å². The standard InChI is InChI=1S/C31H30N4O5/c1-40-28-14-8-5-9-21(28)16-33-31(39)25(15-22-17-32-26-13-7-6-12-24(22)26)27(36)18-34-19-30(38)35(20-29(34)37)23-10-3-2-4-11-23/h2-14,17,25,32H,15-16,18-20H2,1H3,(H,33,39). The van der Waals surface area contributed by atoms with E-state index in [-0.39, 0.29) is 44.4 Å². The van der Waals surface area contributed by atoms with Gasteiger partial charge < -0.3 is 24.8 Å². The van der Waals surface area contributed by atoms with Gasteiger partial charge in [-0.15, -0.1) is 0 Å². The molecule has 1 unspecified atom stereocenters. The lowest BCUT2D eigenvalue weighted by Gasteiger charge is -2.34. The fraction of sp³-hybridized carbons (Fsp3) is 0.226. The van der Waals surface area contributed by atoms with Crippen LogP contribution in [0, 0.1) is 5.92 Å². The number of nitrogens with zero attached hydrogens (tertiary/aromatic N) is 2. The number of ketones is 1. The van der Waals surface area contributed by atoms with Crippen LogP contribution in [0.5, 0.6) is 5.75 Å². The minimum atomic E-state index is -1.07. The molecule has 1 fully saturated rings. The average molecular weight is 539 g/mol. The van der Waals surface area contributed by atoms with Gasteiger partial charge in [0.15, 0.2) is 5.78 Å². The molecule has 4 aromatic rings. The van der Waals surface area contributed by atoms with E-state index in [1.165, 1.54) is 9.80 Å². The fourth-order valence-corrected chi connectivity index (χ4v) is 4.97. The predicted molar refractivity (Wildman–Crippen MR) is 151 cm³/mol. The van der Waals surface area contributed by atoms with E-state index in [0.717, 1.165) is 22.0 Å². The number of methoxy groups -OCH3 is 1. The van der Waals surface area contributed by atoms with Crippen molar-refractivity contribution in [3.63, 3.8) is 0 Å². The summed E-state index contributed by atoms with van der Waals surface area (Å²) in [6.45, 7) is -0.554. The predicted octanol–water partition coefficient (Wildman–Crippen LogP) is 3.10. The molecule has 0 radical (unpaired) electrons. The van der Waals surface area contributed by atoms with Crippen LogP contribution in [0.2, 0.25) is 0 Å². The third-order valence-corrected chi connectivity index (χ3v) is 7.14. The Morgan fingerprint density at radius 3 is 2.42 bits per heavy atom. The van der Waals surface area contributed by atoms with Crippen molar-refractivity contribution in [3.05, 3.63) is 96.2 Å². The highest BCUT2D eigenvalue weighted by atomic mass is 16.5. The number of carbonyl (C=O) groups excluding carboxylic acids is 4. The lowest BCUT2D eigenvalue weighted by molar-refractivity contribution is -0.143. The van der Waals surface area contributed by atoms with E-state index in [4.69, 9.17) is 4.74 Å². The van der Waals surface area contributed by atoms with Gasteiger partial charge in [-0.05, 0) is 36.2 Å². The van der Waals surface area contributed by atoms with Crippen molar-refractivity contribution in [3.8, 4) is 5.75 Å². The number of rotatable bonds is 10. The van der Waals surface area contributed by atoms with E-state index in [9.17, 15) is 19.2 Å². The van der Waals surface area contributed by atoms with Crippen molar-refractivity contribution in [2.24, 2.45) is 5.92 Å². The number of benzene rings is 3. The molecule has 1 saturated heterocycles. The molecule has 1 aliphatic heterocycles. The number of Topliss-reactive ketones (excluding diaryl/α,β-unsaturated/α-hetero) is 1. The molecule has 9 heteroatoms. The van der Waals surface area contributed by atoms with Gasteiger partial charge in [-0.25, -0.2) is 0 Å². The molecule has 0 spiro atoms.